The second kappa shape index (κ2) is 7.55. The van der Waals surface area contributed by atoms with E-state index < -0.39 is 0 Å². The van der Waals surface area contributed by atoms with E-state index in [1.165, 1.54) is 0 Å². The van der Waals surface area contributed by atoms with E-state index in [-0.39, 0.29) is 17.9 Å². The first-order valence-electron chi connectivity index (χ1n) is 9.46. The molecular weight excluding hydrogens is 354 g/mol. The van der Waals surface area contributed by atoms with Crippen molar-refractivity contribution in [3.63, 3.8) is 0 Å². The van der Waals surface area contributed by atoms with Gasteiger partial charge >= 0.3 is 0 Å². The number of aromatic nitrogens is 5. The summed E-state index contributed by atoms with van der Waals surface area (Å²) in [6.45, 7) is 5.88. The van der Waals surface area contributed by atoms with Gasteiger partial charge in [-0.15, -0.1) is 0 Å². The highest BCUT2D eigenvalue weighted by atomic mass is 16.1. The highest BCUT2D eigenvalue weighted by Crippen LogP contribution is 2.28. The highest BCUT2D eigenvalue weighted by molar-refractivity contribution is 5.73. The number of hydrogen-bond acceptors (Lipinski definition) is 5. The molecule has 3 aromatic rings. The average Bonchev–Trinajstić information content (AvgIpc) is 3.35. The van der Waals surface area contributed by atoms with Crippen LogP contribution in [0.1, 0.15) is 30.1 Å². The number of H-pyrrole nitrogens is 1. The van der Waals surface area contributed by atoms with Gasteiger partial charge in [0.25, 0.3) is 0 Å². The number of benzene rings is 1. The molecular formula is C20H25N7O. The third-order valence-corrected chi connectivity index (χ3v) is 5.15. The Hall–Kier alpha value is -3.00. The van der Waals surface area contributed by atoms with E-state index in [2.05, 4.69) is 31.6 Å². The van der Waals surface area contributed by atoms with Gasteiger partial charge in [-0.05, 0) is 13.0 Å². The average molecular weight is 379 g/mol. The van der Waals surface area contributed by atoms with Gasteiger partial charge in [0.05, 0.1) is 23.3 Å². The van der Waals surface area contributed by atoms with Gasteiger partial charge in [0.2, 0.25) is 5.91 Å². The van der Waals surface area contributed by atoms with Crippen LogP contribution in [0.25, 0.3) is 11.4 Å². The number of nitrogens with one attached hydrogen (secondary N) is 2. The molecule has 28 heavy (non-hydrogen) atoms. The predicted molar refractivity (Wildman–Crippen MR) is 105 cm³/mol. The van der Waals surface area contributed by atoms with Crippen molar-refractivity contribution in [3.05, 3.63) is 53.6 Å². The number of rotatable bonds is 5. The van der Waals surface area contributed by atoms with Crippen molar-refractivity contribution in [2.45, 2.75) is 32.4 Å². The zero-order chi connectivity index (χ0) is 19.7. The Kier molecular flexibility index (Phi) is 4.95. The lowest BCUT2D eigenvalue weighted by atomic mass is 10.0. The molecule has 2 N–H and O–H groups in total. The molecule has 2 aromatic heterocycles. The summed E-state index contributed by atoms with van der Waals surface area (Å²) in [5.41, 5.74) is 3.14. The number of aryl methyl sites for hydroxylation is 2. The van der Waals surface area contributed by atoms with Crippen molar-refractivity contribution in [2.24, 2.45) is 7.05 Å². The molecule has 1 amide bonds. The molecule has 1 aliphatic rings. The normalized spacial score (nSPS) is 19.8. The molecule has 2 atom stereocenters. The Balaban J connectivity index is 1.55. The van der Waals surface area contributed by atoms with Crippen LogP contribution in [-0.4, -0.2) is 54.9 Å². The third kappa shape index (κ3) is 3.82. The van der Waals surface area contributed by atoms with Crippen molar-refractivity contribution in [1.29, 1.82) is 0 Å². The maximum atomic E-state index is 11.7. The Morgan fingerprint density at radius 2 is 2.07 bits per heavy atom. The van der Waals surface area contributed by atoms with E-state index >= 15 is 0 Å². The van der Waals surface area contributed by atoms with E-state index in [0.29, 0.717) is 5.82 Å². The largest absolute Gasteiger partial charge is 0.352 e. The van der Waals surface area contributed by atoms with Crippen LogP contribution in [0, 0.1) is 6.92 Å². The molecule has 1 aromatic carbocycles. The number of hydrogen-bond donors (Lipinski definition) is 2. The van der Waals surface area contributed by atoms with Crippen LogP contribution in [0.3, 0.4) is 0 Å². The second-order valence-corrected chi connectivity index (χ2v) is 7.42. The summed E-state index contributed by atoms with van der Waals surface area (Å²) in [5, 5.41) is 15.0. The lowest BCUT2D eigenvalue weighted by Gasteiger charge is -2.16. The zero-order valence-electron chi connectivity index (χ0n) is 16.4. The SMILES string of the molecule is CC(=O)N[C@@H]1CN(Cc2cc(C)nn2C)C[C@H]1c1nc(-c2ccccc2)n[nH]1. The van der Waals surface area contributed by atoms with Crippen LogP contribution in [0.2, 0.25) is 0 Å². The minimum Gasteiger partial charge on any atom is -0.352 e. The smallest absolute Gasteiger partial charge is 0.217 e. The van der Waals surface area contributed by atoms with Crippen molar-refractivity contribution in [3.8, 4) is 11.4 Å². The van der Waals surface area contributed by atoms with Gasteiger partial charge in [-0.1, -0.05) is 30.3 Å². The summed E-state index contributed by atoms with van der Waals surface area (Å²) in [7, 11) is 1.96. The fraction of sp³-hybridized carbons (Fsp3) is 0.400. The minimum absolute atomic E-state index is 0.0107. The quantitative estimate of drug-likeness (QED) is 0.703. The Morgan fingerprint density at radius 3 is 2.75 bits per heavy atom. The van der Waals surface area contributed by atoms with Gasteiger partial charge in [0.15, 0.2) is 5.82 Å². The fourth-order valence-corrected chi connectivity index (χ4v) is 3.90. The predicted octanol–water partition coefficient (Wildman–Crippen LogP) is 1.62. The van der Waals surface area contributed by atoms with Crippen LogP contribution in [0.15, 0.2) is 36.4 Å². The fourth-order valence-electron chi connectivity index (χ4n) is 3.90. The lowest BCUT2D eigenvalue weighted by molar-refractivity contribution is -0.119. The van der Waals surface area contributed by atoms with Crippen molar-refractivity contribution in [1.82, 2.24) is 35.2 Å². The van der Waals surface area contributed by atoms with Gasteiger partial charge in [-0.2, -0.15) is 10.2 Å². The Bertz CT molecular complexity index is 962. The van der Waals surface area contributed by atoms with Gasteiger partial charge < -0.3 is 5.32 Å². The molecule has 0 radical (unpaired) electrons. The molecule has 0 bridgehead atoms. The van der Waals surface area contributed by atoms with Gasteiger partial charge in [-0.25, -0.2) is 4.98 Å². The topological polar surface area (TPSA) is 91.7 Å². The lowest BCUT2D eigenvalue weighted by Crippen LogP contribution is -2.38. The second-order valence-electron chi connectivity index (χ2n) is 7.42. The Morgan fingerprint density at radius 1 is 1.29 bits per heavy atom. The number of aromatic amines is 1. The number of carbonyl (C=O) groups is 1. The van der Waals surface area contributed by atoms with E-state index in [1.807, 2.05) is 49.0 Å². The zero-order valence-corrected chi connectivity index (χ0v) is 16.4. The first-order chi connectivity index (χ1) is 13.5. The van der Waals surface area contributed by atoms with Crippen LogP contribution in [-0.2, 0) is 18.4 Å². The summed E-state index contributed by atoms with van der Waals surface area (Å²) in [6.07, 6.45) is 0. The van der Waals surface area contributed by atoms with Crippen molar-refractivity contribution < 1.29 is 4.79 Å². The highest BCUT2D eigenvalue weighted by Gasteiger charge is 2.36. The van der Waals surface area contributed by atoms with Crippen LogP contribution in [0.4, 0.5) is 0 Å². The molecule has 1 saturated heterocycles. The van der Waals surface area contributed by atoms with Crippen molar-refractivity contribution >= 4 is 5.91 Å². The molecule has 0 spiro atoms. The molecule has 146 valence electrons. The maximum absolute atomic E-state index is 11.7. The van der Waals surface area contributed by atoms with Crippen LogP contribution in [0.5, 0.6) is 0 Å². The van der Waals surface area contributed by atoms with Gasteiger partial charge in [-0.3, -0.25) is 19.5 Å². The first kappa shape index (κ1) is 18.4. The number of amides is 1. The summed E-state index contributed by atoms with van der Waals surface area (Å²) >= 11 is 0. The van der Waals surface area contributed by atoms with E-state index in [9.17, 15) is 4.79 Å². The molecule has 0 unspecified atom stereocenters. The van der Waals surface area contributed by atoms with Crippen molar-refractivity contribution in [2.75, 3.05) is 13.1 Å². The molecule has 4 rings (SSSR count). The third-order valence-electron chi connectivity index (χ3n) is 5.15. The summed E-state index contributed by atoms with van der Waals surface area (Å²) < 4.78 is 1.91. The molecule has 8 heteroatoms. The molecule has 8 nitrogen and oxygen atoms in total. The van der Waals surface area contributed by atoms with Gasteiger partial charge in [0, 0.05) is 39.2 Å². The summed E-state index contributed by atoms with van der Waals surface area (Å²) in [5.74, 6) is 1.51. The molecule has 1 fully saturated rings. The standard InChI is InChI=1S/C20H25N7O/c1-13-9-16(26(3)25-13)10-27-11-17(18(12-27)21-14(2)28)20-22-19(23-24-20)15-7-5-4-6-8-15/h4-9,17-18H,10-12H2,1-3H3,(H,21,28)(H,22,23,24)/t17-,18-/m1/s1. The van der Waals surface area contributed by atoms with Gasteiger partial charge in [0.1, 0.15) is 5.82 Å². The van der Waals surface area contributed by atoms with E-state index in [1.54, 1.807) is 6.92 Å². The molecule has 0 aliphatic carbocycles. The molecule has 3 heterocycles. The molecule has 0 saturated carbocycles. The van der Waals surface area contributed by atoms with E-state index in [0.717, 1.165) is 42.4 Å². The summed E-state index contributed by atoms with van der Waals surface area (Å²) in [4.78, 5) is 18.8. The minimum atomic E-state index is -0.0315. The molecule has 1 aliphatic heterocycles. The number of nitrogens with zero attached hydrogens (tertiary/aromatic N) is 5. The van der Waals surface area contributed by atoms with Crippen LogP contribution < -0.4 is 5.32 Å². The summed E-state index contributed by atoms with van der Waals surface area (Å²) in [6, 6.07) is 12.0. The van der Waals surface area contributed by atoms with E-state index in [4.69, 9.17) is 4.98 Å². The monoisotopic (exact) mass is 379 g/mol. The Labute approximate surface area is 164 Å². The number of carbonyl (C=O) groups excluding carboxylic acids is 1. The number of likely N-dealkylation sites (tertiary alicyclic amines) is 1. The van der Waals surface area contributed by atoms with Crippen LogP contribution >= 0.6 is 0 Å². The first-order valence-corrected chi connectivity index (χ1v) is 9.46. The maximum Gasteiger partial charge on any atom is 0.217 e.